The van der Waals surface area contributed by atoms with Gasteiger partial charge < -0.3 is 15.2 Å². The normalized spacial score (nSPS) is 15.8. The van der Waals surface area contributed by atoms with Crippen molar-refractivity contribution in [2.75, 3.05) is 11.9 Å². The maximum Gasteiger partial charge on any atom is 0.238 e. The number of ketones is 1. The average Bonchev–Trinajstić information content (AvgIpc) is 3.46. The molecular weight excluding hydrogens is 456 g/mol. The van der Waals surface area contributed by atoms with Gasteiger partial charge in [-0.05, 0) is 42.1 Å². The van der Waals surface area contributed by atoms with E-state index in [0.29, 0.717) is 18.3 Å². The minimum Gasteiger partial charge on any atom is -0.338 e. The van der Waals surface area contributed by atoms with Gasteiger partial charge in [-0.2, -0.15) is 10.1 Å². The van der Waals surface area contributed by atoms with Crippen LogP contribution in [0.4, 0.5) is 11.6 Å². The summed E-state index contributed by atoms with van der Waals surface area (Å²) in [6.45, 7) is 7.50. The Morgan fingerprint density at radius 2 is 2.11 bits per heavy atom. The number of hydrogen-bond donors (Lipinski definition) is 2. The highest BCUT2D eigenvalue weighted by molar-refractivity contribution is 5.93. The Labute approximate surface area is 209 Å². The van der Waals surface area contributed by atoms with Gasteiger partial charge in [0.05, 0.1) is 17.6 Å². The first kappa shape index (κ1) is 23.8. The minimum atomic E-state index is -0.296. The van der Waals surface area contributed by atoms with Crippen molar-refractivity contribution in [3.8, 4) is 11.3 Å². The summed E-state index contributed by atoms with van der Waals surface area (Å²) >= 11 is 0. The first-order valence-corrected chi connectivity index (χ1v) is 12.1. The SMILES string of the molecule is Cn1cc(Nc2nccc(-c3ccc4c(c3)CNCCC4CC(=O)c3noc(C(C)(C)C)n3)n2)cn1. The van der Waals surface area contributed by atoms with Crippen LogP contribution in [0.1, 0.15) is 67.2 Å². The van der Waals surface area contributed by atoms with Gasteiger partial charge in [-0.3, -0.25) is 9.48 Å². The fraction of sp³-hybridized carbons (Fsp3) is 0.385. The molecule has 4 aromatic rings. The summed E-state index contributed by atoms with van der Waals surface area (Å²) in [6.07, 6.45) is 6.52. The maximum absolute atomic E-state index is 13.0. The number of carbonyl (C=O) groups is 1. The Morgan fingerprint density at radius 3 is 2.86 bits per heavy atom. The standard InChI is InChI=1S/C26H30N8O2/c1-26(2,3)24-32-23(33-36-24)22(35)12-16-7-9-27-13-18-11-17(5-6-20(16)18)21-8-10-28-25(31-21)30-19-14-29-34(4)15-19/h5-6,8,10-11,14-16,27H,7,9,12-13H2,1-4H3,(H,28,30,31). The number of nitrogens with one attached hydrogen (secondary N) is 2. The maximum atomic E-state index is 13.0. The van der Waals surface area contributed by atoms with Crippen molar-refractivity contribution in [1.29, 1.82) is 0 Å². The van der Waals surface area contributed by atoms with E-state index < -0.39 is 0 Å². The minimum absolute atomic E-state index is 0.0707. The molecule has 5 rings (SSSR count). The lowest BCUT2D eigenvalue weighted by atomic mass is 9.87. The van der Waals surface area contributed by atoms with Crippen LogP contribution in [0.25, 0.3) is 11.3 Å². The molecule has 1 aliphatic heterocycles. The van der Waals surface area contributed by atoms with Crippen molar-refractivity contribution in [3.63, 3.8) is 0 Å². The number of carbonyl (C=O) groups excluding carboxylic acids is 1. The van der Waals surface area contributed by atoms with Gasteiger partial charge in [0.2, 0.25) is 23.4 Å². The Kier molecular flexibility index (Phi) is 6.36. The number of Topliss-reactive ketones (excluding diaryl/α,β-unsaturated/α-hetero) is 1. The Morgan fingerprint density at radius 1 is 1.25 bits per heavy atom. The summed E-state index contributed by atoms with van der Waals surface area (Å²) in [4.78, 5) is 26.4. The van der Waals surface area contributed by atoms with Crippen molar-refractivity contribution in [3.05, 3.63) is 65.7 Å². The van der Waals surface area contributed by atoms with Gasteiger partial charge in [-0.1, -0.05) is 38.1 Å². The van der Waals surface area contributed by atoms with E-state index in [-0.39, 0.29) is 22.9 Å². The van der Waals surface area contributed by atoms with E-state index in [1.807, 2.05) is 40.1 Å². The second-order valence-electron chi connectivity index (χ2n) is 10.2. The van der Waals surface area contributed by atoms with Crippen molar-refractivity contribution in [1.82, 2.24) is 35.2 Å². The predicted molar refractivity (Wildman–Crippen MR) is 135 cm³/mol. The highest BCUT2D eigenvalue weighted by atomic mass is 16.5. The van der Waals surface area contributed by atoms with Crippen molar-refractivity contribution in [2.24, 2.45) is 7.05 Å². The van der Waals surface area contributed by atoms with E-state index in [4.69, 9.17) is 4.52 Å². The summed E-state index contributed by atoms with van der Waals surface area (Å²) in [5, 5.41) is 14.8. The molecule has 0 spiro atoms. The van der Waals surface area contributed by atoms with Gasteiger partial charge in [0.25, 0.3) is 0 Å². The van der Waals surface area contributed by atoms with Crippen LogP contribution in [0.2, 0.25) is 0 Å². The Balaban J connectivity index is 1.36. The molecule has 1 atom stereocenters. The van der Waals surface area contributed by atoms with Crippen LogP contribution in [0, 0.1) is 0 Å². The molecule has 0 saturated carbocycles. The van der Waals surface area contributed by atoms with Gasteiger partial charge in [0.15, 0.2) is 0 Å². The summed E-state index contributed by atoms with van der Waals surface area (Å²) in [7, 11) is 1.86. The zero-order chi connectivity index (χ0) is 25.3. The molecular formula is C26H30N8O2. The van der Waals surface area contributed by atoms with Crippen LogP contribution in [-0.4, -0.2) is 42.2 Å². The fourth-order valence-electron chi connectivity index (χ4n) is 4.33. The summed E-state index contributed by atoms with van der Waals surface area (Å²) in [6, 6.07) is 8.21. The lowest BCUT2D eigenvalue weighted by Gasteiger charge is -2.17. The average molecular weight is 487 g/mol. The molecule has 10 heteroatoms. The lowest BCUT2D eigenvalue weighted by molar-refractivity contribution is 0.0959. The number of hydrogen-bond acceptors (Lipinski definition) is 9. The molecule has 0 amide bonds. The van der Waals surface area contributed by atoms with Gasteiger partial charge >= 0.3 is 0 Å². The highest BCUT2D eigenvalue weighted by Crippen LogP contribution is 2.33. The van der Waals surface area contributed by atoms with Crippen LogP contribution >= 0.6 is 0 Å². The number of anilines is 2. The van der Waals surface area contributed by atoms with Gasteiger partial charge in [-0.15, -0.1) is 0 Å². The van der Waals surface area contributed by atoms with E-state index in [9.17, 15) is 4.79 Å². The van der Waals surface area contributed by atoms with Crippen molar-refractivity contribution >= 4 is 17.4 Å². The molecule has 3 aromatic heterocycles. The van der Waals surface area contributed by atoms with Crippen LogP contribution in [0.5, 0.6) is 0 Å². The third-order valence-corrected chi connectivity index (χ3v) is 6.23. The first-order valence-electron chi connectivity index (χ1n) is 12.1. The molecule has 0 bridgehead atoms. The monoisotopic (exact) mass is 486 g/mol. The van der Waals surface area contributed by atoms with E-state index in [0.717, 1.165) is 42.0 Å². The molecule has 2 N–H and O–H groups in total. The number of rotatable bonds is 6. The van der Waals surface area contributed by atoms with Crippen LogP contribution in [0.3, 0.4) is 0 Å². The smallest absolute Gasteiger partial charge is 0.238 e. The number of aryl methyl sites for hydroxylation is 1. The molecule has 1 aromatic carbocycles. The molecule has 1 aliphatic rings. The molecule has 0 aliphatic carbocycles. The van der Waals surface area contributed by atoms with Gasteiger partial charge in [0, 0.05) is 43.4 Å². The first-order chi connectivity index (χ1) is 17.3. The molecule has 1 unspecified atom stereocenters. The number of nitrogens with zero attached hydrogens (tertiary/aromatic N) is 6. The highest BCUT2D eigenvalue weighted by Gasteiger charge is 2.27. The number of benzene rings is 1. The Hall–Kier alpha value is -3.92. The zero-order valence-electron chi connectivity index (χ0n) is 20.9. The molecule has 0 saturated heterocycles. The van der Waals surface area contributed by atoms with E-state index in [1.54, 1.807) is 17.1 Å². The topological polar surface area (TPSA) is 124 Å². The van der Waals surface area contributed by atoms with Crippen molar-refractivity contribution in [2.45, 2.75) is 51.5 Å². The third kappa shape index (κ3) is 5.18. The molecule has 0 fully saturated rings. The van der Waals surface area contributed by atoms with Crippen molar-refractivity contribution < 1.29 is 9.32 Å². The summed E-state index contributed by atoms with van der Waals surface area (Å²) in [5.74, 6) is 1.11. The van der Waals surface area contributed by atoms with Gasteiger partial charge in [-0.25, -0.2) is 9.97 Å². The molecule has 186 valence electrons. The largest absolute Gasteiger partial charge is 0.338 e. The summed E-state index contributed by atoms with van der Waals surface area (Å²) in [5.41, 5.74) is 4.66. The van der Waals surface area contributed by atoms with Crippen LogP contribution < -0.4 is 10.6 Å². The zero-order valence-corrected chi connectivity index (χ0v) is 20.9. The summed E-state index contributed by atoms with van der Waals surface area (Å²) < 4.78 is 7.05. The van der Waals surface area contributed by atoms with Crippen LogP contribution in [0.15, 0.2) is 47.4 Å². The predicted octanol–water partition coefficient (Wildman–Crippen LogP) is 4.15. The second-order valence-corrected chi connectivity index (χ2v) is 10.2. The van der Waals surface area contributed by atoms with E-state index >= 15 is 0 Å². The molecule has 10 nitrogen and oxygen atoms in total. The molecule has 0 radical (unpaired) electrons. The number of aromatic nitrogens is 6. The molecule has 36 heavy (non-hydrogen) atoms. The van der Waals surface area contributed by atoms with Crippen LogP contribution in [-0.2, 0) is 19.0 Å². The quantitative estimate of drug-likeness (QED) is 0.387. The van der Waals surface area contributed by atoms with E-state index in [2.05, 4.69) is 54.0 Å². The lowest BCUT2D eigenvalue weighted by Crippen LogP contribution is -2.14. The molecule has 4 heterocycles. The van der Waals surface area contributed by atoms with Gasteiger partial charge in [0.1, 0.15) is 0 Å². The third-order valence-electron chi connectivity index (χ3n) is 6.23. The van der Waals surface area contributed by atoms with E-state index in [1.165, 1.54) is 5.56 Å². The second kappa shape index (κ2) is 9.62. The number of fused-ring (bicyclic) bond motifs is 1. The fourth-order valence-corrected chi connectivity index (χ4v) is 4.33. The Bertz CT molecular complexity index is 1380.